The fourth-order valence-electron chi connectivity index (χ4n) is 3.99. The average Bonchev–Trinajstić information content (AvgIpc) is 2.74. The van der Waals surface area contributed by atoms with Crippen molar-refractivity contribution in [3.05, 3.63) is 60.4 Å². The summed E-state index contributed by atoms with van der Waals surface area (Å²) in [6.45, 7) is 1.06. The van der Waals surface area contributed by atoms with Gasteiger partial charge in [0.15, 0.2) is 0 Å². The average molecular weight is 421 g/mol. The maximum Gasteiger partial charge on any atom is 0.211 e. The van der Waals surface area contributed by atoms with Crippen LogP contribution in [0.5, 0.6) is 0 Å². The van der Waals surface area contributed by atoms with Crippen LogP contribution in [-0.2, 0) is 16.4 Å². The second-order valence-corrected chi connectivity index (χ2v) is 9.72. The van der Waals surface area contributed by atoms with Crippen LogP contribution in [-0.4, -0.2) is 43.1 Å². The van der Waals surface area contributed by atoms with Crippen LogP contribution < -0.4 is 5.32 Å². The Labute approximate surface area is 177 Å². The fourth-order valence-corrected chi connectivity index (χ4v) is 4.86. The molecule has 2 aromatic carbocycles. The molecule has 0 aliphatic carbocycles. The molecule has 2 heterocycles. The SMILES string of the molecule is CS(=O)(=O)N1CCC(Nc2cc(-c3cccc(CC#N)c3)cc3ccncc23)CC1. The van der Waals surface area contributed by atoms with Gasteiger partial charge in [0.25, 0.3) is 0 Å². The first kappa shape index (κ1) is 20.3. The Bertz CT molecular complexity index is 1210. The van der Waals surface area contributed by atoms with E-state index in [4.69, 9.17) is 5.26 Å². The van der Waals surface area contributed by atoms with E-state index < -0.39 is 10.0 Å². The number of aromatic nitrogens is 1. The van der Waals surface area contributed by atoms with E-state index in [1.165, 1.54) is 6.26 Å². The fraction of sp³-hybridized carbons (Fsp3) is 0.304. The van der Waals surface area contributed by atoms with Crippen molar-refractivity contribution >= 4 is 26.5 Å². The van der Waals surface area contributed by atoms with E-state index in [1.54, 1.807) is 10.5 Å². The number of hydrogen-bond acceptors (Lipinski definition) is 5. The van der Waals surface area contributed by atoms with Gasteiger partial charge in [-0.05, 0) is 53.1 Å². The number of benzene rings is 2. The lowest BCUT2D eigenvalue weighted by Gasteiger charge is -2.31. The van der Waals surface area contributed by atoms with E-state index in [9.17, 15) is 8.42 Å². The minimum absolute atomic E-state index is 0.201. The summed E-state index contributed by atoms with van der Waals surface area (Å²) in [5.41, 5.74) is 4.13. The van der Waals surface area contributed by atoms with Gasteiger partial charge in [-0.1, -0.05) is 24.3 Å². The van der Waals surface area contributed by atoms with Gasteiger partial charge in [-0.15, -0.1) is 0 Å². The molecule has 7 heteroatoms. The third kappa shape index (κ3) is 4.45. The van der Waals surface area contributed by atoms with Crippen molar-refractivity contribution in [1.82, 2.24) is 9.29 Å². The molecule has 0 radical (unpaired) electrons. The third-order valence-corrected chi connectivity index (χ3v) is 6.89. The largest absolute Gasteiger partial charge is 0.382 e. The zero-order valence-electron chi connectivity index (χ0n) is 16.9. The van der Waals surface area contributed by atoms with Crippen molar-refractivity contribution in [1.29, 1.82) is 5.26 Å². The van der Waals surface area contributed by atoms with E-state index in [-0.39, 0.29) is 6.04 Å². The van der Waals surface area contributed by atoms with Crippen LogP contribution in [0.1, 0.15) is 18.4 Å². The van der Waals surface area contributed by atoms with Gasteiger partial charge in [-0.25, -0.2) is 12.7 Å². The van der Waals surface area contributed by atoms with Gasteiger partial charge < -0.3 is 5.32 Å². The molecule has 1 aliphatic rings. The minimum Gasteiger partial charge on any atom is -0.382 e. The summed E-state index contributed by atoms with van der Waals surface area (Å²) < 4.78 is 25.1. The van der Waals surface area contributed by atoms with E-state index in [1.807, 2.05) is 24.4 Å². The summed E-state index contributed by atoms with van der Waals surface area (Å²) in [6, 6.07) is 16.7. The molecule has 0 amide bonds. The molecule has 4 rings (SSSR count). The molecule has 30 heavy (non-hydrogen) atoms. The molecule has 154 valence electrons. The molecule has 0 bridgehead atoms. The second kappa shape index (κ2) is 8.42. The Morgan fingerprint density at radius 2 is 1.97 bits per heavy atom. The highest BCUT2D eigenvalue weighted by atomic mass is 32.2. The lowest BCUT2D eigenvalue weighted by atomic mass is 9.97. The number of hydrogen-bond donors (Lipinski definition) is 1. The van der Waals surface area contributed by atoms with Crippen LogP contribution >= 0.6 is 0 Å². The Kier molecular flexibility index (Phi) is 5.71. The number of fused-ring (bicyclic) bond motifs is 1. The quantitative estimate of drug-likeness (QED) is 0.678. The number of piperidine rings is 1. The highest BCUT2D eigenvalue weighted by Crippen LogP contribution is 2.32. The van der Waals surface area contributed by atoms with Gasteiger partial charge in [0.2, 0.25) is 10.0 Å². The summed E-state index contributed by atoms with van der Waals surface area (Å²) in [7, 11) is -3.14. The smallest absolute Gasteiger partial charge is 0.211 e. The van der Waals surface area contributed by atoms with Crippen LogP contribution in [0, 0.1) is 11.3 Å². The zero-order valence-corrected chi connectivity index (χ0v) is 17.7. The summed E-state index contributed by atoms with van der Waals surface area (Å²) in [6.07, 6.45) is 6.82. The highest BCUT2D eigenvalue weighted by Gasteiger charge is 2.25. The van der Waals surface area contributed by atoms with Gasteiger partial charge in [-0.3, -0.25) is 4.98 Å². The number of sulfonamides is 1. The normalized spacial score (nSPS) is 15.7. The number of rotatable bonds is 5. The molecule has 0 unspecified atom stereocenters. The maximum absolute atomic E-state index is 11.8. The standard InChI is InChI=1S/C23H24N4O2S/c1-30(28,29)27-11-7-21(8-12-27)26-23-15-20(14-19-6-10-25-16-22(19)23)18-4-2-3-17(13-18)5-9-24/h2-4,6,10,13-16,21,26H,5,7-8,11-12H2,1H3. The Morgan fingerprint density at radius 1 is 1.17 bits per heavy atom. The molecule has 1 fully saturated rings. The Hall–Kier alpha value is -2.95. The number of nitrogens with one attached hydrogen (secondary N) is 1. The van der Waals surface area contributed by atoms with Crippen molar-refractivity contribution in [3.63, 3.8) is 0 Å². The van der Waals surface area contributed by atoms with Gasteiger partial charge in [0.1, 0.15) is 0 Å². The predicted octanol–water partition coefficient (Wildman–Crippen LogP) is 3.80. The molecular formula is C23H24N4O2S. The predicted molar refractivity (Wildman–Crippen MR) is 120 cm³/mol. The monoisotopic (exact) mass is 420 g/mol. The highest BCUT2D eigenvalue weighted by molar-refractivity contribution is 7.88. The lowest BCUT2D eigenvalue weighted by Crippen LogP contribution is -2.41. The van der Waals surface area contributed by atoms with Crippen LogP contribution in [0.2, 0.25) is 0 Å². The van der Waals surface area contributed by atoms with Crippen LogP contribution in [0.4, 0.5) is 5.69 Å². The molecular weight excluding hydrogens is 396 g/mol. The van der Waals surface area contributed by atoms with Crippen molar-refractivity contribution in [2.75, 3.05) is 24.7 Å². The van der Waals surface area contributed by atoms with Gasteiger partial charge >= 0.3 is 0 Å². The third-order valence-electron chi connectivity index (χ3n) is 5.58. The molecule has 1 N–H and O–H groups in total. The topological polar surface area (TPSA) is 86.1 Å². The number of anilines is 1. The van der Waals surface area contributed by atoms with Crippen LogP contribution in [0.15, 0.2) is 54.9 Å². The van der Waals surface area contributed by atoms with E-state index in [0.29, 0.717) is 19.5 Å². The molecule has 1 aliphatic heterocycles. The molecule has 1 aromatic heterocycles. The minimum atomic E-state index is -3.14. The van der Waals surface area contributed by atoms with E-state index in [0.717, 1.165) is 46.0 Å². The number of nitriles is 1. The summed E-state index contributed by atoms with van der Waals surface area (Å²) in [4.78, 5) is 4.29. The summed E-state index contributed by atoms with van der Waals surface area (Å²) >= 11 is 0. The van der Waals surface area contributed by atoms with Crippen molar-refractivity contribution in [3.8, 4) is 17.2 Å². The molecule has 1 saturated heterocycles. The first-order valence-electron chi connectivity index (χ1n) is 10.00. The molecule has 0 spiro atoms. The maximum atomic E-state index is 11.8. The van der Waals surface area contributed by atoms with Gasteiger partial charge in [-0.2, -0.15) is 5.26 Å². The van der Waals surface area contributed by atoms with Gasteiger partial charge in [0, 0.05) is 42.6 Å². The van der Waals surface area contributed by atoms with Crippen molar-refractivity contribution in [2.45, 2.75) is 25.3 Å². The lowest BCUT2D eigenvalue weighted by molar-refractivity contribution is 0.332. The Morgan fingerprint density at radius 3 is 2.70 bits per heavy atom. The molecule has 6 nitrogen and oxygen atoms in total. The van der Waals surface area contributed by atoms with Gasteiger partial charge in [0.05, 0.1) is 18.7 Å². The van der Waals surface area contributed by atoms with Crippen molar-refractivity contribution < 1.29 is 8.42 Å². The summed E-state index contributed by atoms with van der Waals surface area (Å²) in [5, 5.41) is 14.8. The van der Waals surface area contributed by atoms with Crippen LogP contribution in [0.25, 0.3) is 21.9 Å². The number of pyridine rings is 1. The van der Waals surface area contributed by atoms with E-state index in [2.05, 4.69) is 40.6 Å². The molecule has 0 saturated carbocycles. The zero-order chi connectivity index (χ0) is 21.1. The molecule has 0 atom stereocenters. The first-order chi connectivity index (χ1) is 14.4. The Balaban J connectivity index is 1.65. The first-order valence-corrected chi connectivity index (χ1v) is 11.8. The summed E-state index contributed by atoms with van der Waals surface area (Å²) in [5.74, 6) is 0. The van der Waals surface area contributed by atoms with Crippen LogP contribution in [0.3, 0.4) is 0 Å². The van der Waals surface area contributed by atoms with Crippen molar-refractivity contribution in [2.24, 2.45) is 0 Å². The molecule has 3 aromatic rings. The second-order valence-electron chi connectivity index (χ2n) is 7.74. The van der Waals surface area contributed by atoms with E-state index >= 15 is 0 Å². The number of nitrogens with zero attached hydrogens (tertiary/aromatic N) is 3.